The zero-order valence-electron chi connectivity index (χ0n) is 24.1. The molecule has 2 aromatic carbocycles. The van der Waals surface area contributed by atoms with Gasteiger partial charge in [0.1, 0.15) is 18.1 Å². The largest absolute Gasteiger partial charge is 0.480 e. The third kappa shape index (κ3) is 9.15. The van der Waals surface area contributed by atoms with Crippen molar-refractivity contribution in [2.24, 2.45) is 17.4 Å². The molecule has 4 atom stereocenters. The van der Waals surface area contributed by atoms with Crippen LogP contribution in [0.15, 0.2) is 60.8 Å². The van der Waals surface area contributed by atoms with Crippen molar-refractivity contribution in [1.82, 2.24) is 20.9 Å². The minimum absolute atomic E-state index is 0.0541. The number of benzene rings is 2. The van der Waals surface area contributed by atoms with Gasteiger partial charge in [-0.3, -0.25) is 14.4 Å². The molecule has 4 unspecified atom stereocenters. The van der Waals surface area contributed by atoms with Crippen molar-refractivity contribution in [1.29, 1.82) is 0 Å². The quantitative estimate of drug-likeness (QED) is 0.125. The number of hydrogen-bond acceptors (Lipinski definition) is 6. The van der Waals surface area contributed by atoms with E-state index in [-0.39, 0.29) is 18.8 Å². The number of nitrogens with two attached hydrogens (primary N) is 2. The summed E-state index contributed by atoms with van der Waals surface area (Å²) < 4.78 is 0. The van der Waals surface area contributed by atoms with Crippen molar-refractivity contribution in [2.75, 3.05) is 6.54 Å². The lowest BCUT2D eigenvalue weighted by molar-refractivity contribution is -0.142. The molecule has 0 fully saturated rings. The maximum Gasteiger partial charge on any atom is 0.326 e. The predicted molar refractivity (Wildman–Crippen MR) is 161 cm³/mol. The van der Waals surface area contributed by atoms with Gasteiger partial charge in [-0.25, -0.2) is 4.79 Å². The van der Waals surface area contributed by atoms with Gasteiger partial charge in [-0.2, -0.15) is 0 Å². The molecule has 0 aliphatic rings. The summed E-state index contributed by atoms with van der Waals surface area (Å²) in [6.45, 7) is 3.96. The fourth-order valence-electron chi connectivity index (χ4n) is 4.77. The Labute approximate surface area is 245 Å². The monoisotopic (exact) mass is 578 g/mol. The molecule has 1 heterocycles. The molecular formula is C31H42N6O5. The minimum Gasteiger partial charge on any atom is -0.480 e. The Morgan fingerprint density at radius 1 is 0.833 bits per heavy atom. The number of amides is 3. The van der Waals surface area contributed by atoms with Crippen molar-refractivity contribution in [3.63, 3.8) is 0 Å². The molecule has 226 valence electrons. The number of carbonyl (C=O) groups is 4. The van der Waals surface area contributed by atoms with Crippen LogP contribution in [0.1, 0.15) is 44.2 Å². The summed E-state index contributed by atoms with van der Waals surface area (Å²) >= 11 is 0. The minimum atomic E-state index is -1.22. The number of carbonyl (C=O) groups excluding carboxylic acids is 3. The number of nitrogens with one attached hydrogen (secondary N) is 4. The number of aromatic amines is 1. The summed E-state index contributed by atoms with van der Waals surface area (Å²) in [4.78, 5) is 54.9. The van der Waals surface area contributed by atoms with Crippen LogP contribution in [-0.2, 0) is 32.0 Å². The van der Waals surface area contributed by atoms with Crippen LogP contribution in [0.2, 0.25) is 0 Å². The summed E-state index contributed by atoms with van der Waals surface area (Å²) in [5, 5.41) is 18.8. The highest BCUT2D eigenvalue weighted by atomic mass is 16.4. The van der Waals surface area contributed by atoms with Crippen molar-refractivity contribution in [2.45, 2.75) is 70.1 Å². The predicted octanol–water partition coefficient (Wildman–Crippen LogP) is 1.60. The zero-order chi connectivity index (χ0) is 30.6. The maximum atomic E-state index is 13.4. The van der Waals surface area contributed by atoms with Crippen LogP contribution in [0.3, 0.4) is 0 Å². The first-order valence-corrected chi connectivity index (χ1v) is 14.3. The lowest BCUT2D eigenvalue weighted by Gasteiger charge is -2.27. The fourth-order valence-corrected chi connectivity index (χ4v) is 4.77. The van der Waals surface area contributed by atoms with Crippen LogP contribution in [0.25, 0.3) is 10.9 Å². The second-order valence-electron chi connectivity index (χ2n) is 10.8. The Hall–Kier alpha value is -4.22. The third-order valence-corrected chi connectivity index (χ3v) is 7.18. The van der Waals surface area contributed by atoms with Gasteiger partial charge in [0.15, 0.2) is 0 Å². The van der Waals surface area contributed by atoms with E-state index in [1.807, 2.05) is 54.6 Å². The van der Waals surface area contributed by atoms with Gasteiger partial charge in [0, 0.05) is 23.5 Å². The molecule has 0 radical (unpaired) electrons. The van der Waals surface area contributed by atoms with Crippen LogP contribution in [0.4, 0.5) is 0 Å². The summed E-state index contributed by atoms with van der Waals surface area (Å²) in [6.07, 6.45) is 3.49. The third-order valence-electron chi connectivity index (χ3n) is 7.18. The highest BCUT2D eigenvalue weighted by molar-refractivity contribution is 5.94. The number of para-hydroxylation sites is 1. The van der Waals surface area contributed by atoms with Crippen molar-refractivity contribution in [3.8, 4) is 0 Å². The Morgan fingerprint density at radius 3 is 2.17 bits per heavy atom. The summed E-state index contributed by atoms with van der Waals surface area (Å²) in [5.41, 5.74) is 14.3. The van der Waals surface area contributed by atoms with E-state index in [0.717, 1.165) is 22.0 Å². The molecule has 1 aromatic heterocycles. The fraction of sp³-hybridized carbons (Fsp3) is 0.419. The van der Waals surface area contributed by atoms with E-state index >= 15 is 0 Å². The highest BCUT2D eigenvalue weighted by Gasteiger charge is 2.32. The van der Waals surface area contributed by atoms with Crippen LogP contribution >= 0.6 is 0 Å². The molecule has 0 saturated carbocycles. The highest BCUT2D eigenvalue weighted by Crippen LogP contribution is 2.19. The topological polar surface area (TPSA) is 192 Å². The number of aliphatic carboxylic acids is 1. The molecule has 0 aliphatic carbocycles. The molecule has 0 bridgehead atoms. The van der Waals surface area contributed by atoms with Crippen molar-refractivity contribution < 1.29 is 24.3 Å². The molecule has 11 nitrogen and oxygen atoms in total. The van der Waals surface area contributed by atoms with Crippen LogP contribution in [-0.4, -0.2) is 64.5 Å². The van der Waals surface area contributed by atoms with Gasteiger partial charge in [0.2, 0.25) is 17.7 Å². The average Bonchev–Trinajstić information content (AvgIpc) is 3.37. The van der Waals surface area contributed by atoms with Gasteiger partial charge in [-0.05, 0) is 55.3 Å². The van der Waals surface area contributed by atoms with Crippen molar-refractivity contribution in [3.05, 3.63) is 71.9 Å². The molecule has 42 heavy (non-hydrogen) atoms. The van der Waals surface area contributed by atoms with Crippen LogP contribution < -0.4 is 27.4 Å². The van der Waals surface area contributed by atoms with Crippen molar-refractivity contribution >= 4 is 34.6 Å². The lowest BCUT2D eigenvalue weighted by atomic mass is 10.00. The Kier molecular flexibility index (Phi) is 12.1. The Balaban J connectivity index is 1.70. The van der Waals surface area contributed by atoms with E-state index < -0.39 is 47.9 Å². The van der Waals surface area contributed by atoms with Gasteiger partial charge in [0.25, 0.3) is 0 Å². The molecular weight excluding hydrogens is 536 g/mol. The first-order chi connectivity index (χ1) is 20.1. The molecule has 9 N–H and O–H groups in total. The molecule has 11 heteroatoms. The molecule has 3 amide bonds. The lowest BCUT2D eigenvalue weighted by Crippen LogP contribution is -2.58. The normalized spacial score (nSPS) is 14.1. The van der Waals surface area contributed by atoms with Crippen LogP contribution in [0, 0.1) is 5.92 Å². The van der Waals surface area contributed by atoms with E-state index in [1.165, 1.54) is 0 Å². The standard InChI is InChI=1S/C31H42N6O5/c1-19(2)27(37-28(38)23(33)16-20-10-4-3-5-11-20)30(40)35-25(14-8-9-15-32)29(39)36-26(31(41)42)17-21-18-34-24-13-7-6-12-22(21)24/h3-7,10-13,18-19,23,25-27,34H,8-9,14-17,32-33H2,1-2H3,(H,35,40)(H,36,39)(H,37,38)(H,41,42). The van der Waals surface area contributed by atoms with Crippen LogP contribution in [0.5, 0.6) is 0 Å². The first kappa shape index (κ1) is 32.3. The number of carboxylic acid groups (broad SMARTS) is 1. The van der Waals surface area contributed by atoms with Gasteiger partial charge in [-0.1, -0.05) is 62.4 Å². The maximum absolute atomic E-state index is 13.4. The van der Waals surface area contributed by atoms with E-state index in [2.05, 4.69) is 20.9 Å². The van der Waals surface area contributed by atoms with Gasteiger partial charge in [0.05, 0.1) is 6.04 Å². The number of aromatic nitrogens is 1. The number of unbranched alkanes of at least 4 members (excludes halogenated alkanes) is 1. The number of hydrogen-bond donors (Lipinski definition) is 7. The van der Waals surface area contributed by atoms with Gasteiger partial charge < -0.3 is 37.5 Å². The zero-order valence-corrected chi connectivity index (χ0v) is 24.1. The van der Waals surface area contributed by atoms with E-state index in [4.69, 9.17) is 11.5 Å². The number of fused-ring (bicyclic) bond motifs is 1. The average molecular weight is 579 g/mol. The molecule has 0 spiro atoms. The van der Waals surface area contributed by atoms with E-state index in [1.54, 1.807) is 20.0 Å². The Morgan fingerprint density at radius 2 is 1.50 bits per heavy atom. The van der Waals surface area contributed by atoms with Gasteiger partial charge >= 0.3 is 5.97 Å². The van der Waals surface area contributed by atoms with E-state index in [0.29, 0.717) is 25.8 Å². The second kappa shape index (κ2) is 15.7. The summed E-state index contributed by atoms with van der Waals surface area (Å²) in [5.74, 6) is -3.16. The number of H-pyrrole nitrogens is 1. The number of rotatable bonds is 16. The summed E-state index contributed by atoms with van der Waals surface area (Å²) in [7, 11) is 0. The molecule has 3 rings (SSSR count). The van der Waals surface area contributed by atoms with E-state index in [9.17, 15) is 24.3 Å². The summed E-state index contributed by atoms with van der Waals surface area (Å²) in [6, 6.07) is 12.7. The molecule has 0 aliphatic heterocycles. The first-order valence-electron chi connectivity index (χ1n) is 14.3. The molecule has 3 aromatic rings. The SMILES string of the molecule is CC(C)C(NC(=O)C(N)Cc1ccccc1)C(=O)NC(CCCCN)C(=O)NC(Cc1c[nH]c2ccccc12)C(=O)O. The smallest absolute Gasteiger partial charge is 0.326 e. The Bertz CT molecular complexity index is 1340. The van der Waals surface area contributed by atoms with Gasteiger partial charge in [-0.15, -0.1) is 0 Å². The second-order valence-corrected chi connectivity index (χ2v) is 10.8. The number of carboxylic acids is 1. The molecule has 0 saturated heterocycles.